The summed E-state index contributed by atoms with van der Waals surface area (Å²) in [5.41, 5.74) is 8.31. The van der Waals surface area contributed by atoms with E-state index in [0.29, 0.717) is 0 Å². The first-order chi connectivity index (χ1) is 7.91. The van der Waals surface area contributed by atoms with Crippen molar-refractivity contribution in [1.29, 1.82) is 0 Å². The molecule has 92 valence electrons. The Morgan fingerprint density at radius 3 is 2.59 bits per heavy atom. The summed E-state index contributed by atoms with van der Waals surface area (Å²) in [4.78, 5) is 21.8. The number of amides is 1. The third-order valence-corrected chi connectivity index (χ3v) is 2.50. The minimum atomic E-state index is -1.51. The summed E-state index contributed by atoms with van der Waals surface area (Å²) in [5.74, 6) is -2.01. The second-order valence-electron chi connectivity index (χ2n) is 3.96. The molecule has 1 aromatic carbocycles. The smallest absolute Gasteiger partial charge is 0.330 e. The van der Waals surface area contributed by atoms with E-state index < -0.39 is 17.9 Å². The molecule has 0 saturated carbocycles. The van der Waals surface area contributed by atoms with Crippen LogP contribution in [0.15, 0.2) is 18.2 Å². The summed E-state index contributed by atoms with van der Waals surface area (Å²) in [5, 5.41) is 11.1. The van der Waals surface area contributed by atoms with Gasteiger partial charge in [0.15, 0.2) is 6.04 Å². The molecule has 5 heteroatoms. The fourth-order valence-electron chi connectivity index (χ4n) is 1.45. The van der Waals surface area contributed by atoms with Gasteiger partial charge in [-0.05, 0) is 25.0 Å². The molecule has 0 saturated heterocycles. The molecule has 0 radical (unpaired) electrons. The van der Waals surface area contributed by atoms with E-state index in [-0.39, 0.29) is 6.54 Å². The molecule has 0 aliphatic rings. The van der Waals surface area contributed by atoms with Crippen LogP contribution in [0.25, 0.3) is 0 Å². The van der Waals surface area contributed by atoms with Gasteiger partial charge in [0.2, 0.25) is 5.91 Å². The van der Waals surface area contributed by atoms with E-state index in [1.165, 1.54) is 0 Å². The molecule has 0 aliphatic heterocycles. The zero-order chi connectivity index (χ0) is 13.0. The van der Waals surface area contributed by atoms with Crippen molar-refractivity contribution in [3.63, 3.8) is 0 Å². The van der Waals surface area contributed by atoms with Gasteiger partial charge in [0.1, 0.15) is 0 Å². The van der Waals surface area contributed by atoms with Gasteiger partial charge in [-0.3, -0.25) is 4.79 Å². The molecule has 1 rings (SSSR count). The van der Waals surface area contributed by atoms with Crippen molar-refractivity contribution < 1.29 is 14.7 Å². The van der Waals surface area contributed by atoms with Crippen molar-refractivity contribution in [3.05, 3.63) is 34.9 Å². The van der Waals surface area contributed by atoms with Gasteiger partial charge in [-0.2, -0.15) is 0 Å². The maximum atomic E-state index is 11.3. The zero-order valence-corrected chi connectivity index (χ0v) is 9.86. The van der Waals surface area contributed by atoms with E-state index in [4.69, 9.17) is 10.8 Å². The first-order valence-electron chi connectivity index (χ1n) is 5.24. The van der Waals surface area contributed by atoms with Gasteiger partial charge < -0.3 is 16.2 Å². The first-order valence-corrected chi connectivity index (χ1v) is 5.24. The SMILES string of the molecule is Cc1ccc(CNC(=O)C(N)C(=O)O)c(C)c1. The lowest BCUT2D eigenvalue weighted by Crippen LogP contribution is -2.45. The van der Waals surface area contributed by atoms with Crippen molar-refractivity contribution in [2.75, 3.05) is 0 Å². The van der Waals surface area contributed by atoms with Gasteiger partial charge in [-0.25, -0.2) is 4.79 Å². The van der Waals surface area contributed by atoms with Crippen molar-refractivity contribution in [2.45, 2.75) is 26.4 Å². The van der Waals surface area contributed by atoms with Gasteiger partial charge in [0.25, 0.3) is 0 Å². The fourth-order valence-corrected chi connectivity index (χ4v) is 1.45. The normalized spacial score (nSPS) is 11.9. The van der Waals surface area contributed by atoms with Crippen molar-refractivity contribution in [2.24, 2.45) is 5.73 Å². The van der Waals surface area contributed by atoms with Crippen LogP contribution >= 0.6 is 0 Å². The Bertz CT molecular complexity index is 443. The Hall–Kier alpha value is -1.88. The number of nitrogens with one attached hydrogen (secondary N) is 1. The van der Waals surface area contributed by atoms with E-state index in [1.807, 2.05) is 32.0 Å². The molecular weight excluding hydrogens is 220 g/mol. The number of carbonyl (C=O) groups is 2. The summed E-state index contributed by atoms with van der Waals surface area (Å²) in [6.07, 6.45) is 0. The molecule has 1 aromatic rings. The molecule has 1 amide bonds. The van der Waals surface area contributed by atoms with Gasteiger partial charge in [-0.15, -0.1) is 0 Å². The van der Waals surface area contributed by atoms with Crippen LogP contribution in [0.1, 0.15) is 16.7 Å². The van der Waals surface area contributed by atoms with Crippen LogP contribution in [0.2, 0.25) is 0 Å². The van der Waals surface area contributed by atoms with Crippen molar-refractivity contribution in [3.8, 4) is 0 Å². The summed E-state index contributed by atoms with van der Waals surface area (Å²) in [6, 6.07) is 4.32. The number of rotatable bonds is 4. The van der Waals surface area contributed by atoms with Gasteiger partial charge >= 0.3 is 5.97 Å². The predicted octanol–water partition coefficient (Wildman–Crippen LogP) is 0.332. The number of aryl methyl sites for hydroxylation is 2. The fraction of sp³-hybridized carbons (Fsp3) is 0.333. The highest BCUT2D eigenvalue weighted by molar-refractivity contribution is 6.00. The Morgan fingerprint density at radius 1 is 1.41 bits per heavy atom. The number of hydrogen-bond acceptors (Lipinski definition) is 3. The minimum absolute atomic E-state index is 0.284. The second kappa shape index (κ2) is 5.45. The van der Waals surface area contributed by atoms with Crippen LogP contribution in [0.5, 0.6) is 0 Å². The Labute approximate surface area is 99.6 Å². The number of nitrogens with two attached hydrogens (primary N) is 1. The third-order valence-electron chi connectivity index (χ3n) is 2.50. The lowest BCUT2D eigenvalue weighted by atomic mass is 10.1. The standard InChI is InChI=1S/C12H16N2O3/c1-7-3-4-9(8(2)5-7)6-14-11(15)10(13)12(16)17/h3-5,10H,6,13H2,1-2H3,(H,14,15)(H,16,17). The lowest BCUT2D eigenvalue weighted by Gasteiger charge is -2.10. The highest BCUT2D eigenvalue weighted by Gasteiger charge is 2.20. The Balaban J connectivity index is 2.62. The average molecular weight is 236 g/mol. The van der Waals surface area contributed by atoms with Crippen molar-refractivity contribution in [1.82, 2.24) is 5.32 Å². The maximum Gasteiger partial charge on any atom is 0.330 e. The first kappa shape index (κ1) is 13.2. The number of hydrogen-bond donors (Lipinski definition) is 3. The van der Waals surface area contributed by atoms with Crippen LogP contribution in [0, 0.1) is 13.8 Å². The van der Waals surface area contributed by atoms with Gasteiger partial charge in [0, 0.05) is 6.54 Å². The molecule has 1 unspecified atom stereocenters. The van der Waals surface area contributed by atoms with E-state index in [0.717, 1.165) is 16.7 Å². The average Bonchev–Trinajstić information content (AvgIpc) is 2.26. The molecule has 0 aromatic heterocycles. The zero-order valence-electron chi connectivity index (χ0n) is 9.86. The molecule has 17 heavy (non-hydrogen) atoms. The molecule has 5 nitrogen and oxygen atoms in total. The van der Waals surface area contributed by atoms with E-state index in [2.05, 4.69) is 5.32 Å². The van der Waals surface area contributed by atoms with E-state index in [1.54, 1.807) is 0 Å². The molecule has 0 spiro atoms. The molecular formula is C12H16N2O3. The second-order valence-corrected chi connectivity index (χ2v) is 3.96. The summed E-state index contributed by atoms with van der Waals surface area (Å²) >= 11 is 0. The molecule has 0 aliphatic carbocycles. The number of carboxylic acids is 1. The number of carboxylic acid groups (broad SMARTS) is 1. The summed E-state index contributed by atoms with van der Waals surface area (Å²) in [6.45, 7) is 4.20. The quantitative estimate of drug-likeness (QED) is 0.657. The Kier molecular flexibility index (Phi) is 4.23. The number of carbonyl (C=O) groups excluding carboxylic acids is 1. The molecule has 4 N–H and O–H groups in total. The molecule has 0 bridgehead atoms. The van der Waals surface area contributed by atoms with Crippen LogP contribution in [0.4, 0.5) is 0 Å². The number of aliphatic carboxylic acids is 1. The third kappa shape index (κ3) is 3.57. The lowest BCUT2D eigenvalue weighted by molar-refractivity contribution is -0.142. The monoisotopic (exact) mass is 236 g/mol. The highest BCUT2D eigenvalue weighted by atomic mass is 16.4. The molecule has 1 atom stereocenters. The van der Waals surface area contributed by atoms with E-state index >= 15 is 0 Å². The highest BCUT2D eigenvalue weighted by Crippen LogP contribution is 2.09. The van der Waals surface area contributed by atoms with Crippen molar-refractivity contribution >= 4 is 11.9 Å². The van der Waals surface area contributed by atoms with Crippen LogP contribution in [0.3, 0.4) is 0 Å². The van der Waals surface area contributed by atoms with Gasteiger partial charge in [-0.1, -0.05) is 23.8 Å². The molecule has 0 fully saturated rings. The summed E-state index contributed by atoms with van der Waals surface area (Å²) in [7, 11) is 0. The topological polar surface area (TPSA) is 92.4 Å². The van der Waals surface area contributed by atoms with Crippen LogP contribution < -0.4 is 11.1 Å². The van der Waals surface area contributed by atoms with Crippen LogP contribution in [-0.4, -0.2) is 23.0 Å². The van der Waals surface area contributed by atoms with Gasteiger partial charge in [0.05, 0.1) is 0 Å². The van der Waals surface area contributed by atoms with E-state index in [9.17, 15) is 9.59 Å². The summed E-state index contributed by atoms with van der Waals surface area (Å²) < 4.78 is 0. The largest absolute Gasteiger partial charge is 0.480 e. The number of benzene rings is 1. The predicted molar refractivity (Wildman–Crippen MR) is 63.4 cm³/mol. The molecule has 0 heterocycles. The minimum Gasteiger partial charge on any atom is -0.480 e. The Morgan fingerprint density at radius 2 is 2.06 bits per heavy atom. The van der Waals surface area contributed by atoms with Crippen LogP contribution in [-0.2, 0) is 16.1 Å². The maximum absolute atomic E-state index is 11.3.